The Morgan fingerprint density at radius 1 is 1.19 bits per heavy atom. The van der Waals surface area contributed by atoms with Crippen molar-refractivity contribution in [3.8, 4) is 16.3 Å². The van der Waals surface area contributed by atoms with Gasteiger partial charge >= 0.3 is 0 Å². The minimum atomic E-state index is -0.150. The highest BCUT2D eigenvalue weighted by Crippen LogP contribution is 2.29. The Morgan fingerprint density at radius 3 is 2.84 bits per heavy atom. The molecule has 1 aliphatic heterocycles. The number of hydrogen-bond donors (Lipinski definition) is 2. The molecule has 0 unspecified atom stereocenters. The van der Waals surface area contributed by atoms with Crippen molar-refractivity contribution in [1.82, 2.24) is 25.4 Å². The van der Waals surface area contributed by atoms with Crippen LogP contribution in [0.5, 0.6) is 5.88 Å². The van der Waals surface area contributed by atoms with E-state index in [-0.39, 0.29) is 11.9 Å². The van der Waals surface area contributed by atoms with Crippen LogP contribution in [0.3, 0.4) is 0 Å². The fourth-order valence-electron chi connectivity index (χ4n) is 4.05. The van der Waals surface area contributed by atoms with Gasteiger partial charge in [-0.05, 0) is 54.6 Å². The SMILES string of the molecule is Cn1nc(C(=O)NC2CCNCC2)c2ccc(OCc3ccccc3-c3cccs3)nc21. The number of aryl methyl sites for hydroxylation is 1. The fourth-order valence-corrected chi connectivity index (χ4v) is 4.84. The number of nitrogens with zero attached hydrogens (tertiary/aromatic N) is 3. The van der Waals surface area contributed by atoms with Crippen molar-refractivity contribution in [2.24, 2.45) is 7.05 Å². The van der Waals surface area contributed by atoms with Crippen molar-refractivity contribution < 1.29 is 9.53 Å². The van der Waals surface area contributed by atoms with Crippen LogP contribution in [0.15, 0.2) is 53.9 Å². The van der Waals surface area contributed by atoms with Gasteiger partial charge in [0.25, 0.3) is 5.91 Å². The molecule has 0 aliphatic carbocycles. The standard InChI is InChI=1S/C24H25N5O2S/c1-29-23-19(22(28-29)24(30)26-17-10-12-25-13-11-17)8-9-21(27-23)31-15-16-5-2-3-6-18(16)20-7-4-14-32-20/h2-9,14,17,25H,10-13,15H2,1H3,(H,26,30). The lowest BCUT2D eigenvalue weighted by Gasteiger charge is -2.23. The van der Waals surface area contributed by atoms with E-state index in [0.717, 1.165) is 36.9 Å². The number of piperidine rings is 1. The first-order chi connectivity index (χ1) is 15.7. The zero-order valence-corrected chi connectivity index (χ0v) is 18.7. The van der Waals surface area contributed by atoms with Crippen molar-refractivity contribution >= 4 is 28.3 Å². The summed E-state index contributed by atoms with van der Waals surface area (Å²) in [5.41, 5.74) is 3.30. The van der Waals surface area contributed by atoms with E-state index in [1.807, 2.05) is 18.2 Å². The average molecular weight is 448 g/mol. The molecule has 0 radical (unpaired) electrons. The number of thiophene rings is 1. The third-order valence-corrected chi connectivity index (χ3v) is 6.63. The molecule has 2 N–H and O–H groups in total. The summed E-state index contributed by atoms with van der Waals surface area (Å²) in [5.74, 6) is 0.356. The molecule has 1 aromatic carbocycles. The van der Waals surface area contributed by atoms with Gasteiger partial charge in [0.15, 0.2) is 11.3 Å². The number of amides is 1. The number of ether oxygens (including phenoxy) is 1. The Morgan fingerprint density at radius 2 is 2.03 bits per heavy atom. The molecule has 1 amide bonds. The Labute approximate surface area is 190 Å². The topological polar surface area (TPSA) is 81.1 Å². The van der Waals surface area contributed by atoms with E-state index >= 15 is 0 Å². The number of rotatable bonds is 6. The molecule has 0 saturated carbocycles. The molecule has 1 saturated heterocycles. The zero-order chi connectivity index (χ0) is 21.9. The number of carbonyl (C=O) groups excluding carboxylic acids is 1. The Kier molecular flexibility index (Phi) is 5.87. The third kappa shape index (κ3) is 4.24. The Bertz CT molecular complexity index is 1230. The molecule has 0 bridgehead atoms. The Hall–Kier alpha value is -3.23. The lowest BCUT2D eigenvalue weighted by atomic mass is 10.1. The van der Waals surface area contributed by atoms with Gasteiger partial charge in [-0.15, -0.1) is 11.3 Å². The maximum atomic E-state index is 12.8. The van der Waals surface area contributed by atoms with Crippen molar-refractivity contribution in [2.75, 3.05) is 13.1 Å². The molecule has 164 valence electrons. The fraction of sp³-hybridized carbons (Fsp3) is 0.292. The molecule has 1 fully saturated rings. The van der Waals surface area contributed by atoms with E-state index in [0.29, 0.717) is 23.8 Å². The van der Waals surface area contributed by atoms with E-state index in [9.17, 15) is 4.79 Å². The van der Waals surface area contributed by atoms with Crippen LogP contribution in [0.1, 0.15) is 28.9 Å². The molecule has 5 rings (SSSR count). The third-order valence-electron chi connectivity index (χ3n) is 5.73. The number of fused-ring (bicyclic) bond motifs is 1. The van der Waals surface area contributed by atoms with Gasteiger partial charge in [0.2, 0.25) is 5.88 Å². The first-order valence-electron chi connectivity index (χ1n) is 10.8. The minimum Gasteiger partial charge on any atom is -0.473 e. The summed E-state index contributed by atoms with van der Waals surface area (Å²) in [4.78, 5) is 18.7. The summed E-state index contributed by atoms with van der Waals surface area (Å²) in [6.07, 6.45) is 1.86. The van der Waals surface area contributed by atoms with Crippen LogP contribution < -0.4 is 15.4 Å². The van der Waals surface area contributed by atoms with E-state index in [4.69, 9.17) is 4.74 Å². The van der Waals surface area contributed by atoms with Gasteiger partial charge in [-0.25, -0.2) is 4.68 Å². The largest absolute Gasteiger partial charge is 0.473 e. The molecule has 3 aromatic heterocycles. The van der Waals surface area contributed by atoms with Gasteiger partial charge in [0.05, 0.1) is 5.39 Å². The normalized spacial score (nSPS) is 14.5. The summed E-state index contributed by atoms with van der Waals surface area (Å²) in [6, 6.07) is 16.2. The van der Waals surface area contributed by atoms with Crippen LogP contribution in [0, 0.1) is 0 Å². The van der Waals surface area contributed by atoms with Crippen molar-refractivity contribution in [2.45, 2.75) is 25.5 Å². The number of hydrogen-bond acceptors (Lipinski definition) is 6. The summed E-state index contributed by atoms with van der Waals surface area (Å²) in [6.45, 7) is 2.26. The zero-order valence-electron chi connectivity index (χ0n) is 17.9. The van der Waals surface area contributed by atoms with Gasteiger partial charge in [0.1, 0.15) is 6.61 Å². The molecule has 7 nitrogen and oxygen atoms in total. The Balaban J connectivity index is 1.34. The van der Waals surface area contributed by atoms with Crippen molar-refractivity contribution in [3.05, 3.63) is 65.2 Å². The van der Waals surface area contributed by atoms with Crippen LogP contribution in [0.2, 0.25) is 0 Å². The van der Waals surface area contributed by atoms with E-state index in [1.165, 1.54) is 10.4 Å². The van der Waals surface area contributed by atoms with Crippen LogP contribution in [-0.4, -0.2) is 39.8 Å². The van der Waals surface area contributed by atoms with Crippen molar-refractivity contribution in [1.29, 1.82) is 0 Å². The summed E-state index contributed by atoms with van der Waals surface area (Å²) in [5, 5.41) is 13.7. The first-order valence-corrected chi connectivity index (χ1v) is 11.7. The van der Waals surface area contributed by atoms with Crippen LogP contribution in [-0.2, 0) is 13.7 Å². The van der Waals surface area contributed by atoms with E-state index < -0.39 is 0 Å². The van der Waals surface area contributed by atoms with Crippen molar-refractivity contribution in [3.63, 3.8) is 0 Å². The molecule has 4 heterocycles. The second kappa shape index (κ2) is 9.10. The highest BCUT2D eigenvalue weighted by Gasteiger charge is 2.21. The second-order valence-corrected chi connectivity index (χ2v) is 8.86. The molecular weight excluding hydrogens is 422 g/mol. The molecule has 1 aliphatic rings. The van der Waals surface area contributed by atoms with E-state index in [2.05, 4.69) is 50.4 Å². The van der Waals surface area contributed by atoms with Gasteiger partial charge in [0, 0.05) is 24.0 Å². The van der Waals surface area contributed by atoms with E-state index in [1.54, 1.807) is 29.1 Å². The molecule has 8 heteroatoms. The second-order valence-electron chi connectivity index (χ2n) is 7.91. The molecule has 0 atom stereocenters. The lowest BCUT2D eigenvalue weighted by Crippen LogP contribution is -2.42. The average Bonchev–Trinajstić information content (AvgIpc) is 3.47. The predicted octanol–water partition coefficient (Wildman–Crippen LogP) is 3.76. The lowest BCUT2D eigenvalue weighted by molar-refractivity contribution is 0.0925. The van der Waals surface area contributed by atoms with Gasteiger partial charge < -0.3 is 15.4 Å². The highest BCUT2D eigenvalue weighted by molar-refractivity contribution is 7.13. The summed E-state index contributed by atoms with van der Waals surface area (Å²) >= 11 is 1.71. The maximum Gasteiger partial charge on any atom is 0.272 e. The van der Waals surface area contributed by atoms with Gasteiger partial charge in [-0.3, -0.25) is 4.79 Å². The first kappa shape index (κ1) is 20.7. The quantitative estimate of drug-likeness (QED) is 0.470. The maximum absolute atomic E-state index is 12.8. The van der Waals surface area contributed by atoms with Gasteiger partial charge in [-0.2, -0.15) is 10.1 Å². The smallest absolute Gasteiger partial charge is 0.272 e. The summed E-state index contributed by atoms with van der Waals surface area (Å²) in [7, 11) is 1.80. The number of aromatic nitrogens is 3. The highest BCUT2D eigenvalue weighted by atomic mass is 32.1. The van der Waals surface area contributed by atoms with Crippen LogP contribution in [0.25, 0.3) is 21.5 Å². The predicted molar refractivity (Wildman–Crippen MR) is 126 cm³/mol. The van der Waals surface area contributed by atoms with Crippen LogP contribution >= 0.6 is 11.3 Å². The van der Waals surface area contributed by atoms with Crippen LogP contribution in [0.4, 0.5) is 0 Å². The number of carbonyl (C=O) groups is 1. The number of pyridine rings is 1. The van der Waals surface area contributed by atoms with Gasteiger partial charge in [-0.1, -0.05) is 30.3 Å². The monoisotopic (exact) mass is 447 g/mol. The molecular formula is C24H25N5O2S. The molecule has 32 heavy (non-hydrogen) atoms. The summed E-state index contributed by atoms with van der Waals surface area (Å²) < 4.78 is 7.67. The molecule has 4 aromatic rings. The number of nitrogens with one attached hydrogen (secondary N) is 2. The molecule has 0 spiro atoms. The number of benzene rings is 1. The minimum absolute atomic E-state index is 0.150.